The molecule has 1 aliphatic rings. The molecule has 88 valence electrons. The molecule has 1 saturated heterocycles. The zero-order valence-corrected chi connectivity index (χ0v) is 9.75. The molecular weight excluding hydrogens is 203 g/mol. The molecule has 0 radical (unpaired) electrons. The Kier molecular flexibility index (Phi) is 3.44. The monoisotopic (exact) mass is 222 g/mol. The third kappa shape index (κ3) is 2.73. The van der Waals surface area contributed by atoms with E-state index in [1.165, 1.54) is 31.5 Å². The number of rotatable bonds is 2. The van der Waals surface area contributed by atoms with Crippen molar-refractivity contribution in [2.45, 2.75) is 19.3 Å². The maximum Gasteiger partial charge on any atom is 0.125 e. The lowest BCUT2D eigenvalue weighted by Crippen LogP contribution is -2.33. The molecule has 3 heteroatoms. The third-order valence-corrected chi connectivity index (χ3v) is 3.34. The summed E-state index contributed by atoms with van der Waals surface area (Å²) in [7, 11) is 2.15. The third-order valence-electron chi connectivity index (χ3n) is 3.34. The van der Waals surface area contributed by atoms with E-state index in [1.54, 1.807) is 0 Å². The highest BCUT2D eigenvalue weighted by Crippen LogP contribution is 2.23. The van der Waals surface area contributed by atoms with Crippen LogP contribution in [-0.2, 0) is 6.42 Å². The molecule has 0 amide bonds. The average Bonchev–Trinajstić information content (AvgIpc) is 2.22. The molecular formula is C13H19FN2. The van der Waals surface area contributed by atoms with Crippen LogP contribution in [0.15, 0.2) is 18.2 Å². The fourth-order valence-corrected chi connectivity index (χ4v) is 2.50. The molecule has 1 aliphatic heterocycles. The molecule has 0 bridgehead atoms. The van der Waals surface area contributed by atoms with E-state index in [9.17, 15) is 4.39 Å². The highest BCUT2D eigenvalue weighted by Gasteiger charge is 2.18. The summed E-state index contributed by atoms with van der Waals surface area (Å²) in [4.78, 5) is 2.36. The minimum Gasteiger partial charge on any atom is -0.398 e. The summed E-state index contributed by atoms with van der Waals surface area (Å²) in [6, 6.07) is 4.74. The lowest BCUT2D eigenvalue weighted by molar-refractivity contribution is 0.209. The molecule has 2 nitrogen and oxygen atoms in total. The standard InChI is InChI=1S/C13H19FN2/c1-16-6-2-3-10(9-16)7-11-4-5-12(14)8-13(11)15/h4-5,8,10H,2-3,6-7,9,15H2,1H3. The van der Waals surface area contributed by atoms with E-state index < -0.39 is 0 Å². The molecule has 2 N–H and O–H groups in total. The topological polar surface area (TPSA) is 29.3 Å². The number of hydrogen-bond donors (Lipinski definition) is 1. The van der Waals surface area contributed by atoms with E-state index in [1.807, 2.05) is 6.07 Å². The minimum atomic E-state index is -0.248. The predicted molar refractivity (Wildman–Crippen MR) is 64.7 cm³/mol. The van der Waals surface area contributed by atoms with Gasteiger partial charge < -0.3 is 10.6 Å². The summed E-state index contributed by atoms with van der Waals surface area (Å²) in [5.74, 6) is 0.411. The summed E-state index contributed by atoms with van der Waals surface area (Å²) < 4.78 is 12.9. The predicted octanol–water partition coefficient (Wildman–Crippen LogP) is 2.29. The van der Waals surface area contributed by atoms with E-state index in [0.29, 0.717) is 11.6 Å². The zero-order chi connectivity index (χ0) is 11.5. The van der Waals surface area contributed by atoms with Gasteiger partial charge in [0, 0.05) is 12.2 Å². The number of nitrogen functional groups attached to an aromatic ring is 1. The van der Waals surface area contributed by atoms with Gasteiger partial charge in [0.05, 0.1) is 0 Å². The van der Waals surface area contributed by atoms with Crippen molar-refractivity contribution in [1.82, 2.24) is 4.90 Å². The van der Waals surface area contributed by atoms with Gasteiger partial charge in [0.25, 0.3) is 0 Å². The van der Waals surface area contributed by atoms with Crippen molar-refractivity contribution < 1.29 is 4.39 Å². The number of nitrogens with zero attached hydrogens (tertiary/aromatic N) is 1. The summed E-state index contributed by atoms with van der Waals surface area (Å²) in [6.07, 6.45) is 3.47. The highest BCUT2D eigenvalue weighted by molar-refractivity contribution is 5.47. The summed E-state index contributed by atoms with van der Waals surface area (Å²) >= 11 is 0. The number of likely N-dealkylation sites (tertiary alicyclic amines) is 1. The summed E-state index contributed by atoms with van der Waals surface area (Å²) in [6.45, 7) is 2.31. The van der Waals surface area contributed by atoms with E-state index in [0.717, 1.165) is 18.5 Å². The minimum absolute atomic E-state index is 0.248. The van der Waals surface area contributed by atoms with Crippen molar-refractivity contribution in [2.24, 2.45) is 5.92 Å². The van der Waals surface area contributed by atoms with E-state index in [2.05, 4.69) is 11.9 Å². The Morgan fingerprint density at radius 1 is 1.50 bits per heavy atom. The Bertz CT molecular complexity index is 365. The molecule has 16 heavy (non-hydrogen) atoms. The number of anilines is 1. The van der Waals surface area contributed by atoms with Crippen molar-refractivity contribution >= 4 is 5.69 Å². The first-order chi connectivity index (χ1) is 7.65. The zero-order valence-electron chi connectivity index (χ0n) is 9.75. The van der Waals surface area contributed by atoms with Gasteiger partial charge in [-0.2, -0.15) is 0 Å². The van der Waals surface area contributed by atoms with Crippen LogP contribution in [0.1, 0.15) is 18.4 Å². The Hall–Kier alpha value is -1.09. The molecule has 0 aromatic heterocycles. The first-order valence-electron chi connectivity index (χ1n) is 5.87. The van der Waals surface area contributed by atoms with Crippen LogP contribution in [0.25, 0.3) is 0 Å². The van der Waals surface area contributed by atoms with Crippen molar-refractivity contribution in [3.8, 4) is 0 Å². The Labute approximate surface area is 96.2 Å². The van der Waals surface area contributed by atoms with Crippen LogP contribution in [0.4, 0.5) is 10.1 Å². The molecule has 0 aliphatic carbocycles. The second kappa shape index (κ2) is 4.83. The van der Waals surface area contributed by atoms with Crippen LogP contribution in [0, 0.1) is 11.7 Å². The molecule has 1 heterocycles. The second-order valence-corrected chi connectivity index (χ2v) is 4.82. The Balaban J connectivity index is 2.02. The molecule has 1 aromatic carbocycles. The fourth-order valence-electron chi connectivity index (χ4n) is 2.50. The van der Waals surface area contributed by atoms with Crippen LogP contribution >= 0.6 is 0 Å². The van der Waals surface area contributed by atoms with Crippen LogP contribution in [0.2, 0.25) is 0 Å². The number of piperidine rings is 1. The van der Waals surface area contributed by atoms with Crippen molar-refractivity contribution in [3.63, 3.8) is 0 Å². The van der Waals surface area contributed by atoms with Gasteiger partial charge in [0.15, 0.2) is 0 Å². The van der Waals surface area contributed by atoms with Gasteiger partial charge in [-0.15, -0.1) is 0 Å². The molecule has 1 aromatic rings. The van der Waals surface area contributed by atoms with Gasteiger partial charge in [-0.3, -0.25) is 0 Å². The van der Waals surface area contributed by atoms with Crippen molar-refractivity contribution in [3.05, 3.63) is 29.6 Å². The molecule has 1 fully saturated rings. The van der Waals surface area contributed by atoms with E-state index in [-0.39, 0.29) is 5.82 Å². The van der Waals surface area contributed by atoms with Gasteiger partial charge in [-0.25, -0.2) is 4.39 Å². The molecule has 1 unspecified atom stereocenters. The number of benzene rings is 1. The van der Waals surface area contributed by atoms with E-state index in [4.69, 9.17) is 5.73 Å². The first kappa shape index (κ1) is 11.4. The molecule has 0 spiro atoms. The number of halogens is 1. The summed E-state index contributed by atoms with van der Waals surface area (Å²) in [5.41, 5.74) is 7.50. The maximum absolute atomic E-state index is 12.9. The van der Waals surface area contributed by atoms with Gasteiger partial charge in [-0.1, -0.05) is 6.07 Å². The number of nitrogens with two attached hydrogens (primary N) is 1. The lowest BCUT2D eigenvalue weighted by atomic mass is 9.91. The van der Waals surface area contributed by atoms with E-state index >= 15 is 0 Å². The molecule has 0 saturated carbocycles. The molecule has 2 rings (SSSR count). The SMILES string of the molecule is CN1CCCC(Cc2ccc(F)cc2N)C1. The van der Waals surface area contributed by atoms with Gasteiger partial charge in [-0.05, 0) is 56.5 Å². The smallest absolute Gasteiger partial charge is 0.125 e. The lowest BCUT2D eigenvalue weighted by Gasteiger charge is -2.29. The van der Waals surface area contributed by atoms with Gasteiger partial charge in [0.2, 0.25) is 0 Å². The van der Waals surface area contributed by atoms with Crippen LogP contribution in [-0.4, -0.2) is 25.0 Å². The highest BCUT2D eigenvalue weighted by atomic mass is 19.1. The second-order valence-electron chi connectivity index (χ2n) is 4.82. The average molecular weight is 222 g/mol. The largest absolute Gasteiger partial charge is 0.398 e. The fraction of sp³-hybridized carbons (Fsp3) is 0.538. The van der Waals surface area contributed by atoms with Crippen molar-refractivity contribution in [1.29, 1.82) is 0 Å². The van der Waals surface area contributed by atoms with Crippen LogP contribution < -0.4 is 5.73 Å². The maximum atomic E-state index is 12.9. The van der Waals surface area contributed by atoms with Gasteiger partial charge >= 0.3 is 0 Å². The quantitative estimate of drug-likeness (QED) is 0.778. The Morgan fingerprint density at radius 2 is 2.31 bits per heavy atom. The number of hydrogen-bond acceptors (Lipinski definition) is 2. The Morgan fingerprint density at radius 3 is 3.00 bits per heavy atom. The first-order valence-corrected chi connectivity index (χ1v) is 5.87. The van der Waals surface area contributed by atoms with Gasteiger partial charge in [0.1, 0.15) is 5.82 Å². The van der Waals surface area contributed by atoms with Crippen LogP contribution in [0.5, 0.6) is 0 Å². The summed E-state index contributed by atoms with van der Waals surface area (Å²) in [5, 5.41) is 0. The molecule has 1 atom stereocenters. The van der Waals surface area contributed by atoms with Crippen LogP contribution in [0.3, 0.4) is 0 Å². The van der Waals surface area contributed by atoms with Crippen molar-refractivity contribution in [2.75, 3.05) is 25.9 Å². The normalized spacial score (nSPS) is 22.2.